The first-order valence-electron chi connectivity index (χ1n) is 1.98. The van der Waals surface area contributed by atoms with Gasteiger partial charge in [0.1, 0.15) is 5.82 Å². The van der Waals surface area contributed by atoms with Crippen molar-refractivity contribution < 1.29 is 19.2 Å². The van der Waals surface area contributed by atoms with E-state index < -0.39 is 7.82 Å². The van der Waals surface area contributed by atoms with Gasteiger partial charge in [0.25, 0.3) is 0 Å². The first kappa shape index (κ1) is 12.0. The molecule has 0 aliphatic rings. The van der Waals surface area contributed by atoms with Crippen LogP contribution < -0.4 is 17.2 Å². The fourth-order valence-electron chi connectivity index (χ4n) is 0. The molecule has 0 rings (SSSR count). The summed E-state index contributed by atoms with van der Waals surface area (Å²) in [5.41, 5.74) is 14.4. The van der Waals surface area contributed by atoms with Gasteiger partial charge in [0.05, 0.1) is 0 Å². The third kappa shape index (κ3) is 181. The van der Waals surface area contributed by atoms with Crippen molar-refractivity contribution in [1.82, 2.24) is 0 Å². The molecule has 0 saturated carbocycles. The topological polar surface area (TPSA) is 156 Å². The lowest BCUT2D eigenvalue weighted by Crippen LogP contribution is -2.09. The summed E-state index contributed by atoms with van der Waals surface area (Å²) in [7, 11) is -4.64. The number of nitrogens with two attached hydrogens (primary N) is 3. The Morgan fingerprint density at radius 1 is 1.30 bits per heavy atom. The van der Waals surface area contributed by atoms with Gasteiger partial charge >= 0.3 is 7.82 Å². The highest BCUT2D eigenvalue weighted by molar-refractivity contribution is 7.45. The van der Waals surface area contributed by atoms with Crippen molar-refractivity contribution in [1.29, 1.82) is 0 Å². The zero-order chi connectivity index (χ0) is 8.78. The maximum atomic E-state index is 8.88. The van der Waals surface area contributed by atoms with Crippen molar-refractivity contribution in [2.45, 2.75) is 0 Å². The van der Waals surface area contributed by atoms with Gasteiger partial charge in [0, 0.05) is 6.20 Å². The Kier molecular flexibility index (Phi) is 6.07. The van der Waals surface area contributed by atoms with Crippen molar-refractivity contribution in [3.63, 3.8) is 0 Å². The molecule has 0 aromatic carbocycles. The quantitative estimate of drug-likeness (QED) is 0.224. The number of rotatable bonds is 0. The van der Waals surface area contributed by atoms with Crippen molar-refractivity contribution in [2.24, 2.45) is 17.2 Å². The molecular formula is C2H10N3O4P. The molecule has 0 fully saturated rings. The van der Waals surface area contributed by atoms with Gasteiger partial charge in [-0.05, 0) is 0 Å². The fraction of sp³-hybridized carbons (Fsp3) is 0. The summed E-state index contributed by atoms with van der Waals surface area (Å²) < 4.78 is 8.88. The molecule has 0 aromatic heterocycles. The SMILES string of the molecule is NC=C(N)N.O=P(O)(O)O. The molecular weight excluding hydrogens is 161 g/mol. The predicted molar refractivity (Wildman–Crippen MR) is 34.9 cm³/mol. The van der Waals surface area contributed by atoms with Crippen LogP contribution >= 0.6 is 7.82 Å². The van der Waals surface area contributed by atoms with Crippen LogP contribution in [0.1, 0.15) is 0 Å². The minimum atomic E-state index is -4.64. The van der Waals surface area contributed by atoms with E-state index in [-0.39, 0.29) is 5.82 Å². The Hall–Kier alpha value is -0.750. The van der Waals surface area contributed by atoms with E-state index in [0.717, 1.165) is 6.20 Å². The second kappa shape index (κ2) is 5.07. The molecule has 0 spiro atoms. The fourth-order valence-corrected chi connectivity index (χ4v) is 0. The number of phosphoric acid groups is 1. The van der Waals surface area contributed by atoms with Gasteiger partial charge in [0.15, 0.2) is 0 Å². The molecule has 0 radical (unpaired) electrons. The molecule has 62 valence electrons. The van der Waals surface area contributed by atoms with Crippen LogP contribution in [0, 0.1) is 0 Å². The van der Waals surface area contributed by atoms with Crippen LogP contribution in [-0.2, 0) is 4.57 Å². The van der Waals surface area contributed by atoms with E-state index in [4.69, 9.17) is 36.4 Å². The van der Waals surface area contributed by atoms with Gasteiger partial charge in [-0.15, -0.1) is 0 Å². The van der Waals surface area contributed by atoms with Crippen LogP contribution in [0.4, 0.5) is 0 Å². The summed E-state index contributed by atoms with van der Waals surface area (Å²) in [6, 6.07) is 0. The van der Waals surface area contributed by atoms with E-state index >= 15 is 0 Å². The highest BCUT2D eigenvalue weighted by Gasteiger charge is 2.00. The lowest BCUT2D eigenvalue weighted by molar-refractivity contribution is 0.275. The zero-order valence-electron chi connectivity index (χ0n) is 5.01. The van der Waals surface area contributed by atoms with Crippen LogP contribution in [0.25, 0.3) is 0 Å². The third-order valence-electron chi connectivity index (χ3n) is 0.192. The molecule has 0 aliphatic heterocycles. The molecule has 0 aromatic rings. The van der Waals surface area contributed by atoms with Crippen LogP contribution in [-0.4, -0.2) is 14.7 Å². The monoisotopic (exact) mass is 171 g/mol. The Morgan fingerprint density at radius 2 is 1.40 bits per heavy atom. The summed E-state index contributed by atoms with van der Waals surface area (Å²) in [4.78, 5) is 21.6. The normalized spacial score (nSPS) is 9.10. The zero-order valence-corrected chi connectivity index (χ0v) is 5.90. The van der Waals surface area contributed by atoms with Gasteiger partial charge in [-0.25, -0.2) is 4.57 Å². The molecule has 0 heterocycles. The molecule has 9 N–H and O–H groups in total. The molecule has 8 heteroatoms. The van der Waals surface area contributed by atoms with E-state index in [0.29, 0.717) is 0 Å². The van der Waals surface area contributed by atoms with Crippen molar-refractivity contribution in [3.05, 3.63) is 12.0 Å². The van der Waals surface area contributed by atoms with Gasteiger partial charge in [0.2, 0.25) is 0 Å². The second-order valence-corrected chi connectivity index (χ2v) is 2.21. The average molecular weight is 171 g/mol. The van der Waals surface area contributed by atoms with E-state index in [2.05, 4.69) is 0 Å². The third-order valence-corrected chi connectivity index (χ3v) is 0.192. The Labute approximate surface area is 57.4 Å². The minimum absolute atomic E-state index is 0.157. The minimum Gasteiger partial charge on any atom is -0.402 e. The van der Waals surface area contributed by atoms with Crippen molar-refractivity contribution in [2.75, 3.05) is 0 Å². The van der Waals surface area contributed by atoms with Crippen molar-refractivity contribution in [3.8, 4) is 0 Å². The summed E-state index contributed by atoms with van der Waals surface area (Å²) in [6.07, 6.45) is 1.14. The highest BCUT2D eigenvalue weighted by Crippen LogP contribution is 2.25. The lowest BCUT2D eigenvalue weighted by Gasteiger charge is -1.82. The largest absolute Gasteiger partial charge is 0.466 e. The summed E-state index contributed by atoms with van der Waals surface area (Å²) in [6.45, 7) is 0. The van der Waals surface area contributed by atoms with E-state index in [1.807, 2.05) is 0 Å². The van der Waals surface area contributed by atoms with Gasteiger partial charge in [-0.2, -0.15) is 0 Å². The van der Waals surface area contributed by atoms with Crippen LogP contribution in [0.3, 0.4) is 0 Å². The van der Waals surface area contributed by atoms with E-state index in [1.165, 1.54) is 0 Å². The van der Waals surface area contributed by atoms with Gasteiger partial charge < -0.3 is 31.9 Å². The highest BCUT2D eigenvalue weighted by atomic mass is 31.2. The Balaban J connectivity index is 0. The number of hydrogen-bond acceptors (Lipinski definition) is 4. The average Bonchev–Trinajstić information content (AvgIpc) is 1.61. The predicted octanol–water partition coefficient (Wildman–Crippen LogP) is -2.27. The first-order chi connectivity index (χ1) is 4.27. The summed E-state index contributed by atoms with van der Waals surface area (Å²) in [5.74, 6) is 0.157. The van der Waals surface area contributed by atoms with Crippen LogP contribution in [0.15, 0.2) is 12.0 Å². The van der Waals surface area contributed by atoms with Crippen molar-refractivity contribution >= 4 is 7.82 Å². The molecule has 0 unspecified atom stereocenters. The van der Waals surface area contributed by atoms with E-state index in [1.54, 1.807) is 0 Å². The lowest BCUT2D eigenvalue weighted by atomic mass is 10.8. The molecule has 10 heavy (non-hydrogen) atoms. The maximum Gasteiger partial charge on any atom is 0.466 e. The first-order valence-corrected chi connectivity index (χ1v) is 3.55. The summed E-state index contributed by atoms with van der Waals surface area (Å²) >= 11 is 0. The molecule has 0 atom stereocenters. The van der Waals surface area contributed by atoms with Crippen LogP contribution in [0.5, 0.6) is 0 Å². The van der Waals surface area contributed by atoms with Gasteiger partial charge in [-0.1, -0.05) is 0 Å². The molecule has 0 saturated heterocycles. The smallest absolute Gasteiger partial charge is 0.402 e. The molecule has 0 amide bonds. The van der Waals surface area contributed by atoms with Crippen LogP contribution in [0.2, 0.25) is 0 Å². The van der Waals surface area contributed by atoms with Gasteiger partial charge in [-0.3, -0.25) is 0 Å². The Morgan fingerprint density at radius 3 is 1.40 bits per heavy atom. The molecule has 0 aliphatic carbocycles. The number of hydrogen-bond donors (Lipinski definition) is 6. The standard InChI is InChI=1S/C2H7N3.H3O4P/c3-1-2(4)5;1-5(2,3)4/h1H,3-5H2;(H3,1,2,3,4). The summed E-state index contributed by atoms with van der Waals surface area (Å²) in [5, 5.41) is 0. The Bertz CT molecular complexity index is 138. The molecule has 0 bridgehead atoms. The maximum absolute atomic E-state index is 8.88. The molecule has 7 nitrogen and oxygen atoms in total. The van der Waals surface area contributed by atoms with E-state index in [9.17, 15) is 0 Å². The second-order valence-electron chi connectivity index (χ2n) is 1.18.